The Bertz CT molecular complexity index is 1190. The number of carbonyl (C=O) groups excluding carboxylic acids is 2. The molecule has 3 aromatic rings. The van der Waals surface area contributed by atoms with Crippen molar-refractivity contribution in [3.8, 4) is 0 Å². The maximum Gasteiger partial charge on any atom is 0.416 e. The number of benzene rings is 1. The van der Waals surface area contributed by atoms with E-state index in [9.17, 15) is 22.8 Å². The smallest absolute Gasteiger partial charge is 0.322 e. The molecule has 2 amide bonds. The maximum absolute atomic E-state index is 13.2. The third kappa shape index (κ3) is 4.72. The highest BCUT2D eigenvalue weighted by Crippen LogP contribution is 2.33. The third-order valence-corrected chi connectivity index (χ3v) is 5.20. The average Bonchev–Trinajstić information content (AvgIpc) is 3.16. The molecule has 4 rings (SSSR count). The minimum atomic E-state index is -4.47. The predicted molar refractivity (Wildman–Crippen MR) is 122 cm³/mol. The Morgan fingerprint density at radius 2 is 1.73 bits per heavy atom. The second kappa shape index (κ2) is 8.89. The van der Waals surface area contributed by atoms with Crippen molar-refractivity contribution in [2.24, 2.45) is 0 Å². The van der Waals surface area contributed by atoms with E-state index in [-0.39, 0.29) is 37.3 Å². The highest BCUT2D eigenvalue weighted by atomic mass is 32.1. The van der Waals surface area contributed by atoms with E-state index in [1.165, 1.54) is 27.9 Å². The zero-order valence-electron chi connectivity index (χ0n) is 18.1. The van der Waals surface area contributed by atoms with Crippen molar-refractivity contribution in [1.82, 2.24) is 14.8 Å². The van der Waals surface area contributed by atoms with Crippen molar-refractivity contribution in [1.29, 1.82) is 0 Å². The topological polar surface area (TPSA) is 80.1 Å². The van der Waals surface area contributed by atoms with Crippen LogP contribution in [0, 0.1) is 13.8 Å². The highest BCUT2D eigenvalue weighted by molar-refractivity contribution is 7.59. The summed E-state index contributed by atoms with van der Waals surface area (Å²) >= 11 is 0. The molecule has 1 aliphatic rings. The fourth-order valence-corrected chi connectivity index (χ4v) is 3.79. The number of amides is 2. The van der Waals surface area contributed by atoms with Gasteiger partial charge in [-0.15, -0.1) is 0 Å². The second-order valence-electron chi connectivity index (χ2n) is 7.75. The fraction of sp³-hybridized carbons (Fsp3) is 0.273. The molecular formula is C22H22F3N5O2S. The van der Waals surface area contributed by atoms with Gasteiger partial charge in [-0.1, -0.05) is 0 Å². The number of pyridine rings is 1. The maximum atomic E-state index is 13.2. The molecule has 1 aromatic carbocycles. The van der Waals surface area contributed by atoms with E-state index in [0.717, 1.165) is 23.5 Å². The lowest BCUT2D eigenvalue weighted by Gasteiger charge is -2.32. The second-order valence-corrected chi connectivity index (χ2v) is 7.75. The van der Waals surface area contributed by atoms with E-state index in [4.69, 9.17) is 0 Å². The van der Waals surface area contributed by atoms with Crippen LogP contribution in [0.25, 0.3) is 0 Å². The predicted octanol–water partition coefficient (Wildman–Crippen LogP) is 4.50. The monoisotopic (exact) mass is 477 g/mol. The van der Waals surface area contributed by atoms with Crippen LogP contribution in [0.4, 0.5) is 24.5 Å². The summed E-state index contributed by atoms with van der Waals surface area (Å²) in [6, 6.07) is 7.50. The van der Waals surface area contributed by atoms with Gasteiger partial charge < -0.3 is 10.2 Å². The van der Waals surface area contributed by atoms with Crippen molar-refractivity contribution < 1.29 is 22.8 Å². The molecule has 3 heterocycles. The number of nitrogens with one attached hydrogen (secondary N) is 1. The number of alkyl halides is 3. The van der Waals surface area contributed by atoms with Gasteiger partial charge in [-0.2, -0.15) is 31.8 Å². The number of aryl methyl sites for hydroxylation is 2. The Hall–Kier alpha value is -3.34. The van der Waals surface area contributed by atoms with Gasteiger partial charge in [0.1, 0.15) is 5.69 Å². The van der Waals surface area contributed by atoms with Crippen molar-refractivity contribution in [2.75, 3.05) is 16.8 Å². The number of fused-ring (bicyclic) bond motifs is 1. The average molecular weight is 478 g/mol. The lowest BCUT2D eigenvalue weighted by molar-refractivity contribution is -0.137. The lowest BCUT2D eigenvalue weighted by Crippen LogP contribution is -2.43. The molecule has 174 valence electrons. The molecule has 0 fully saturated rings. The number of hydrogen-bond acceptors (Lipinski definition) is 4. The van der Waals surface area contributed by atoms with Crippen LogP contribution in [0.15, 0.2) is 42.6 Å². The quantitative estimate of drug-likeness (QED) is 0.603. The summed E-state index contributed by atoms with van der Waals surface area (Å²) in [5.74, 6) is -1.02. The van der Waals surface area contributed by atoms with Crippen molar-refractivity contribution in [3.05, 3.63) is 70.8 Å². The van der Waals surface area contributed by atoms with E-state index >= 15 is 0 Å². The summed E-state index contributed by atoms with van der Waals surface area (Å²) in [5, 5.41) is 6.97. The van der Waals surface area contributed by atoms with Gasteiger partial charge in [0.15, 0.2) is 0 Å². The first kappa shape index (κ1) is 24.3. The molecule has 0 radical (unpaired) electrons. The molecule has 11 heteroatoms. The van der Waals surface area contributed by atoms with E-state index in [2.05, 4.69) is 15.4 Å². The first-order valence-electron chi connectivity index (χ1n) is 9.88. The lowest BCUT2D eigenvalue weighted by atomic mass is 10.1. The van der Waals surface area contributed by atoms with Crippen LogP contribution in [0.2, 0.25) is 0 Å². The molecular weight excluding hydrogens is 455 g/mol. The number of anilines is 2. The standard InChI is InChI=1S/C22H20F3N5O2.H2S/c1-12-8-16(9-13(2)27-12)28-20(31)18-10-26-30-14(3)11-29(21(32)19(18)30)17-6-4-15(5-7-17)22(23,24)25;/h4-10,14H,11H2,1-3H3,(H,27,28,31);1H2/t14-;/m0./s1. The van der Waals surface area contributed by atoms with Gasteiger partial charge in [-0.3, -0.25) is 19.3 Å². The van der Waals surface area contributed by atoms with Gasteiger partial charge in [0, 0.05) is 29.3 Å². The molecule has 0 unspecified atom stereocenters. The fourth-order valence-electron chi connectivity index (χ4n) is 3.79. The zero-order valence-corrected chi connectivity index (χ0v) is 19.1. The molecule has 1 atom stereocenters. The Balaban J connectivity index is 0.00000306. The number of hydrogen-bond donors (Lipinski definition) is 1. The van der Waals surface area contributed by atoms with Crippen LogP contribution in [-0.4, -0.2) is 33.1 Å². The molecule has 1 aliphatic heterocycles. The van der Waals surface area contributed by atoms with Crippen LogP contribution in [0.5, 0.6) is 0 Å². The minimum Gasteiger partial charge on any atom is -0.322 e. The van der Waals surface area contributed by atoms with Crippen molar-refractivity contribution >= 4 is 36.7 Å². The number of nitrogens with zero attached hydrogens (tertiary/aromatic N) is 4. The van der Waals surface area contributed by atoms with Gasteiger partial charge in [-0.25, -0.2) is 0 Å². The zero-order chi connectivity index (χ0) is 23.2. The number of rotatable bonds is 3. The van der Waals surface area contributed by atoms with Gasteiger partial charge in [0.05, 0.1) is 23.4 Å². The van der Waals surface area contributed by atoms with E-state index < -0.39 is 23.6 Å². The Morgan fingerprint density at radius 3 is 2.30 bits per heavy atom. The summed E-state index contributed by atoms with van der Waals surface area (Å²) in [5.41, 5.74) is 1.69. The number of aromatic nitrogens is 3. The third-order valence-electron chi connectivity index (χ3n) is 5.20. The van der Waals surface area contributed by atoms with Crippen LogP contribution in [0.3, 0.4) is 0 Å². The van der Waals surface area contributed by atoms with E-state index in [1.54, 1.807) is 26.0 Å². The first-order chi connectivity index (χ1) is 15.0. The molecule has 0 saturated heterocycles. The molecule has 1 N–H and O–H groups in total. The normalized spacial score (nSPS) is 15.6. The van der Waals surface area contributed by atoms with Crippen LogP contribution >= 0.6 is 13.5 Å². The SMILES string of the molecule is Cc1cc(NC(=O)c2cnn3c2C(=O)N(c2ccc(C(F)(F)F)cc2)C[C@@H]3C)cc(C)n1.S. The van der Waals surface area contributed by atoms with E-state index in [0.29, 0.717) is 11.4 Å². The molecule has 7 nitrogen and oxygen atoms in total. The molecule has 0 saturated carbocycles. The molecule has 0 aliphatic carbocycles. The van der Waals surface area contributed by atoms with Crippen LogP contribution in [0.1, 0.15) is 50.8 Å². The first-order valence-corrected chi connectivity index (χ1v) is 9.88. The van der Waals surface area contributed by atoms with Crippen LogP contribution in [-0.2, 0) is 6.18 Å². The van der Waals surface area contributed by atoms with E-state index in [1.807, 2.05) is 6.92 Å². The van der Waals surface area contributed by atoms with Crippen molar-refractivity contribution in [3.63, 3.8) is 0 Å². The summed E-state index contributed by atoms with van der Waals surface area (Å²) in [7, 11) is 0. The summed E-state index contributed by atoms with van der Waals surface area (Å²) in [4.78, 5) is 31.8. The Morgan fingerprint density at radius 1 is 1.12 bits per heavy atom. The largest absolute Gasteiger partial charge is 0.416 e. The van der Waals surface area contributed by atoms with Gasteiger partial charge in [0.2, 0.25) is 0 Å². The van der Waals surface area contributed by atoms with Crippen molar-refractivity contribution in [2.45, 2.75) is 33.0 Å². The molecule has 2 aromatic heterocycles. The summed E-state index contributed by atoms with van der Waals surface area (Å²) < 4.78 is 40.1. The van der Waals surface area contributed by atoms with Gasteiger partial charge in [-0.05, 0) is 57.2 Å². The summed E-state index contributed by atoms with van der Waals surface area (Å²) in [6.07, 6.45) is -3.14. The van der Waals surface area contributed by atoms with Gasteiger partial charge >= 0.3 is 6.18 Å². The molecule has 33 heavy (non-hydrogen) atoms. The minimum absolute atomic E-state index is 0. The Kier molecular flexibility index (Phi) is 6.55. The van der Waals surface area contributed by atoms with Gasteiger partial charge in [0.25, 0.3) is 11.8 Å². The van der Waals surface area contributed by atoms with Crippen LogP contribution < -0.4 is 10.2 Å². The molecule has 0 spiro atoms. The molecule has 0 bridgehead atoms. The number of carbonyl (C=O) groups is 2. The number of halogens is 3. The summed E-state index contributed by atoms with van der Waals surface area (Å²) in [6.45, 7) is 5.63. The Labute approximate surface area is 195 Å². The highest BCUT2D eigenvalue weighted by Gasteiger charge is 2.36.